The van der Waals surface area contributed by atoms with Gasteiger partial charge in [0.2, 0.25) is 0 Å². The van der Waals surface area contributed by atoms with Crippen molar-refractivity contribution in [2.24, 2.45) is 10.7 Å². The summed E-state index contributed by atoms with van der Waals surface area (Å²) >= 11 is 1.95. The molecule has 2 N–H and O–H groups in total. The van der Waals surface area contributed by atoms with Crippen LogP contribution in [0, 0.1) is 0 Å². The van der Waals surface area contributed by atoms with Crippen LogP contribution in [0.25, 0.3) is 0 Å². The molecule has 0 aromatic carbocycles. The predicted octanol–water partition coefficient (Wildman–Crippen LogP) is 1.31. The zero-order chi connectivity index (χ0) is 12.5. The second-order valence-electron chi connectivity index (χ2n) is 3.87. The molecule has 1 heterocycles. The highest BCUT2D eigenvalue weighted by Gasteiger charge is 2.11. The summed E-state index contributed by atoms with van der Waals surface area (Å²) in [5.74, 6) is 2.73. The summed E-state index contributed by atoms with van der Waals surface area (Å²) in [5.41, 5.74) is 5.89. The number of halogens is 1. The summed E-state index contributed by atoms with van der Waals surface area (Å²) in [5, 5.41) is 0. The fraction of sp³-hybridized carbons (Fsp3) is 0.818. The second-order valence-corrected chi connectivity index (χ2v) is 5.10. The summed E-state index contributed by atoms with van der Waals surface area (Å²) in [6.07, 6.45) is 2.14. The molecule has 0 saturated carbocycles. The van der Waals surface area contributed by atoms with Gasteiger partial charge in [-0.05, 0) is 12.8 Å². The molecule has 1 saturated heterocycles. The summed E-state index contributed by atoms with van der Waals surface area (Å²) < 4.78 is 4.56. The molecule has 0 aliphatic carbocycles. The SMILES string of the molecule is COC(=O)CCCCN=C(N)N1CCSCC1.I. The van der Waals surface area contributed by atoms with Crippen molar-refractivity contribution in [2.75, 3.05) is 38.2 Å². The van der Waals surface area contributed by atoms with E-state index in [0.29, 0.717) is 18.9 Å². The van der Waals surface area contributed by atoms with Crippen LogP contribution in [-0.4, -0.2) is 55.1 Å². The third-order valence-electron chi connectivity index (χ3n) is 2.63. The minimum atomic E-state index is -0.157. The van der Waals surface area contributed by atoms with Gasteiger partial charge >= 0.3 is 5.97 Å². The van der Waals surface area contributed by atoms with Crippen molar-refractivity contribution in [3.8, 4) is 0 Å². The molecule has 0 aromatic rings. The molecular weight excluding hydrogens is 365 g/mol. The number of thioether (sulfide) groups is 1. The zero-order valence-corrected chi connectivity index (χ0v) is 13.9. The van der Waals surface area contributed by atoms with Gasteiger partial charge in [0, 0.05) is 37.6 Å². The Morgan fingerprint density at radius 1 is 1.39 bits per heavy atom. The van der Waals surface area contributed by atoms with Gasteiger partial charge in [0.1, 0.15) is 0 Å². The molecule has 7 heteroatoms. The number of unbranched alkanes of at least 4 members (excludes halogenated alkanes) is 1. The minimum absolute atomic E-state index is 0. The lowest BCUT2D eigenvalue weighted by molar-refractivity contribution is -0.140. The number of esters is 1. The van der Waals surface area contributed by atoms with Crippen LogP contribution in [0.15, 0.2) is 4.99 Å². The van der Waals surface area contributed by atoms with E-state index in [4.69, 9.17) is 5.73 Å². The summed E-state index contributed by atoms with van der Waals surface area (Å²) in [4.78, 5) is 17.3. The summed E-state index contributed by atoms with van der Waals surface area (Å²) in [7, 11) is 1.41. The van der Waals surface area contributed by atoms with Crippen LogP contribution in [-0.2, 0) is 9.53 Å². The van der Waals surface area contributed by atoms with Crippen molar-refractivity contribution in [1.29, 1.82) is 0 Å². The molecule has 0 atom stereocenters. The number of methoxy groups -OCH3 is 1. The van der Waals surface area contributed by atoms with Crippen LogP contribution < -0.4 is 5.73 Å². The Kier molecular flexibility index (Phi) is 10.6. The van der Waals surface area contributed by atoms with Crippen LogP contribution in [0.4, 0.5) is 0 Å². The van der Waals surface area contributed by atoms with Gasteiger partial charge in [-0.2, -0.15) is 11.8 Å². The van der Waals surface area contributed by atoms with Gasteiger partial charge in [0.15, 0.2) is 5.96 Å². The smallest absolute Gasteiger partial charge is 0.305 e. The lowest BCUT2D eigenvalue weighted by Crippen LogP contribution is -2.42. The van der Waals surface area contributed by atoms with E-state index in [1.807, 2.05) is 11.8 Å². The van der Waals surface area contributed by atoms with Gasteiger partial charge in [-0.1, -0.05) is 0 Å². The Morgan fingerprint density at radius 2 is 2.06 bits per heavy atom. The Bertz CT molecular complexity index is 271. The average molecular weight is 387 g/mol. The molecule has 0 amide bonds. The number of hydrogen-bond acceptors (Lipinski definition) is 4. The van der Waals surface area contributed by atoms with E-state index in [1.54, 1.807) is 0 Å². The standard InChI is InChI=1S/C11H21N3O2S.HI/c1-16-10(15)4-2-3-5-13-11(12)14-6-8-17-9-7-14;/h2-9H2,1H3,(H2,12,13);1H. The highest BCUT2D eigenvalue weighted by atomic mass is 127. The lowest BCUT2D eigenvalue weighted by Gasteiger charge is -2.27. The maximum absolute atomic E-state index is 10.9. The molecule has 1 aliphatic rings. The normalized spacial score (nSPS) is 16.1. The number of carbonyl (C=O) groups is 1. The monoisotopic (exact) mass is 387 g/mol. The lowest BCUT2D eigenvalue weighted by atomic mass is 10.2. The first kappa shape index (κ1) is 17.8. The molecule has 1 rings (SSSR count). The molecule has 0 spiro atoms. The van der Waals surface area contributed by atoms with Gasteiger partial charge in [0.25, 0.3) is 0 Å². The van der Waals surface area contributed by atoms with Crippen molar-refractivity contribution < 1.29 is 9.53 Å². The van der Waals surface area contributed by atoms with E-state index in [0.717, 1.165) is 37.4 Å². The van der Waals surface area contributed by atoms with Crippen LogP contribution in [0.2, 0.25) is 0 Å². The number of guanidine groups is 1. The Labute approximate surface area is 130 Å². The van der Waals surface area contributed by atoms with Crippen molar-refractivity contribution in [2.45, 2.75) is 19.3 Å². The molecule has 0 unspecified atom stereocenters. The number of rotatable bonds is 5. The fourth-order valence-electron chi connectivity index (χ4n) is 1.57. The number of hydrogen-bond donors (Lipinski definition) is 1. The largest absolute Gasteiger partial charge is 0.469 e. The first-order valence-electron chi connectivity index (χ1n) is 5.93. The Balaban J connectivity index is 0.00000289. The predicted molar refractivity (Wildman–Crippen MR) is 86.7 cm³/mol. The molecule has 0 aromatic heterocycles. The van der Waals surface area contributed by atoms with Crippen molar-refractivity contribution in [1.82, 2.24) is 4.90 Å². The van der Waals surface area contributed by atoms with Crippen LogP contribution >= 0.6 is 35.7 Å². The van der Waals surface area contributed by atoms with Crippen molar-refractivity contribution in [3.63, 3.8) is 0 Å². The Morgan fingerprint density at radius 3 is 2.67 bits per heavy atom. The molecular formula is C11H22IN3O2S. The molecule has 18 heavy (non-hydrogen) atoms. The molecule has 0 bridgehead atoms. The number of nitrogens with two attached hydrogens (primary N) is 1. The highest BCUT2D eigenvalue weighted by Crippen LogP contribution is 2.08. The fourth-order valence-corrected chi connectivity index (χ4v) is 2.47. The first-order chi connectivity index (χ1) is 8.24. The number of aliphatic imine (C=N–C) groups is 1. The number of carbonyl (C=O) groups excluding carboxylic acids is 1. The van der Waals surface area contributed by atoms with Gasteiger partial charge in [-0.25, -0.2) is 0 Å². The van der Waals surface area contributed by atoms with E-state index in [9.17, 15) is 4.79 Å². The summed E-state index contributed by atoms with van der Waals surface area (Å²) in [6.45, 7) is 2.66. The van der Waals surface area contributed by atoms with E-state index in [2.05, 4.69) is 14.6 Å². The second kappa shape index (κ2) is 10.7. The highest BCUT2D eigenvalue weighted by molar-refractivity contribution is 14.0. The van der Waals surface area contributed by atoms with Gasteiger partial charge < -0.3 is 15.4 Å². The van der Waals surface area contributed by atoms with E-state index < -0.39 is 0 Å². The van der Waals surface area contributed by atoms with E-state index >= 15 is 0 Å². The Hall–Kier alpha value is -0.180. The summed E-state index contributed by atoms with van der Waals surface area (Å²) in [6, 6.07) is 0. The third kappa shape index (κ3) is 7.30. The van der Waals surface area contributed by atoms with Crippen LogP contribution in [0.3, 0.4) is 0 Å². The molecule has 5 nitrogen and oxygen atoms in total. The van der Waals surface area contributed by atoms with Crippen LogP contribution in [0.1, 0.15) is 19.3 Å². The van der Waals surface area contributed by atoms with Gasteiger partial charge in [-0.3, -0.25) is 9.79 Å². The molecule has 1 aliphatic heterocycles. The molecule has 106 valence electrons. The molecule has 1 fully saturated rings. The maximum Gasteiger partial charge on any atom is 0.305 e. The van der Waals surface area contributed by atoms with Crippen molar-refractivity contribution in [3.05, 3.63) is 0 Å². The van der Waals surface area contributed by atoms with Crippen molar-refractivity contribution >= 4 is 47.7 Å². The van der Waals surface area contributed by atoms with E-state index in [-0.39, 0.29) is 29.9 Å². The number of nitrogens with zero attached hydrogens (tertiary/aromatic N) is 2. The quantitative estimate of drug-likeness (QED) is 0.253. The molecule has 0 radical (unpaired) electrons. The third-order valence-corrected chi connectivity index (χ3v) is 3.57. The van der Waals surface area contributed by atoms with Crippen LogP contribution in [0.5, 0.6) is 0 Å². The number of ether oxygens (including phenoxy) is 1. The van der Waals surface area contributed by atoms with Gasteiger partial charge in [-0.15, -0.1) is 24.0 Å². The van der Waals surface area contributed by atoms with E-state index in [1.165, 1.54) is 7.11 Å². The average Bonchev–Trinajstić information content (AvgIpc) is 2.38. The zero-order valence-electron chi connectivity index (χ0n) is 10.8. The van der Waals surface area contributed by atoms with Gasteiger partial charge in [0.05, 0.1) is 7.11 Å². The minimum Gasteiger partial charge on any atom is -0.469 e. The maximum atomic E-state index is 10.9. The first-order valence-corrected chi connectivity index (χ1v) is 7.09. The topological polar surface area (TPSA) is 67.9 Å².